The highest BCUT2D eigenvalue weighted by molar-refractivity contribution is 5.73. The molecule has 0 saturated carbocycles. The molecule has 0 bridgehead atoms. The maximum atomic E-state index is 12.0. The van der Waals surface area contributed by atoms with Crippen LogP contribution in [0.3, 0.4) is 0 Å². The van der Waals surface area contributed by atoms with E-state index in [1.807, 2.05) is 0 Å². The first-order chi connectivity index (χ1) is 15.6. The molecule has 0 spiro atoms. The number of hydrogen-bond acceptors (Lipinski definition) is 3. The molecule has 4 heteroatoms. The average Bonchev–Trinajstić information content (AvgIpc) is 2.79. The van der Waals surface area contributed by atoms with Gasteiger partial charge in [0.25, 0.3) is 0 Å². The Bertz CT molecular complexity index is 898. The first-order valence-corrected chi connectivity index (χ1v) is 12.5. The number of benzene rings is 2. The van der Waals surface area contributed by atoms with Crippen LogP contribution in [0.15, 0.2) is 48.5 Å². The van der Waals surface area contributed by atoms with E-state index in [2.05, 4.69) is 88.0 Å². The number of unbranched alkanes of at least 4 members (excludes halogenated alkanes) is 1. The van der Waals surface area contributed by atoms with Crippen molar-refractivity contribution in [1.29, 1.82) is 0 Å². The molecule has 1 fully saturated rings. The Hall–Kier alpha value is -2.17. The van der Waals surface area contributed by atoms with Crippen molar-refractivity contribution in [3.8, 4) is 11.1 Å². The molecule has 1 N–H and O–H groups in total. The van der Waals surface area contributed by atoms with Crippen molar-refractivity contribution in [2.45, 2.75) is 96.9 Å². The third-order valence-electron chi connectivity index (χ3n) is 6.98. The van der Waals surface area contributed by atoms with Gasteiger partial charge in [-0.05, 0) is 60.3 Å². The van der Waals surface area contributed by atoms with Crippen LogP contribution in [0.1, 0.15) is 84.3 Å². The fraction of sp³-hybridized carbons (Fsp3) is 0.552. The van der Waals surface area contributed by atoms with Crippen LogP contribution in [0.4, 0.5) is 0 Å². The number of ether oxygens (including phenoxy) is 1. The minimum absolute atomic E-state index is 0.152. The summed E-state index contributed by atoms with van der Waals surface area (Å²) in [6, 6.07) is 16.9. The van der Waals surface area contributed by atoms with Crippen LogP contribution < -0.4 is 0 Å². The van der Waals surface area contributed by atoms with Gasteiger partial charge in [-0.1, -0.05) is 89.1 Å². The molecule has 1 aliphatic rings. The minimum atomic E-state index is -0.734. The second-order valence-corrected chi connectivity index (χ2v) is 10.6. The lowest BCUT2D eigenvalue weighted by Gasteiger charge is -2.47. The Labute approximate surface area is 200 Å². The zero-order valence-corrected chi connectivity index (χ0v) is 21.1. The van der Waals surface area contributed by atoms with Crippen molar-refractivity contribution >= 4 is 5.97 Å². The van der Waals surface area contributed by atoms with Gasteiger partial charge < -0.3 is 9.84 Å². The SMILES string of the molecule is CCCCC(C(=O)O)N1CCCCC1(C)OCc1ccc(-c2ccc(C(C)(C)C)cc2)cc1. The molecule has 2 atom stereocenters. The predicted octanol–water partition coefficient (Wildman–Crippen LogP) is 7.01. The van der Waals surface area contributed by atoms with Gasteiger partial charge in [0.05, 0.1) is 6.61 Å². The monoisotopic (exact) mass is 451 g/mol. The third kappa shape index (κ3) is 6.45. The summed E-state index contributed by atoms with van der Waals surface area (Å²) in [4.78, 5) is 14.1. The predicted molar refractivity (Wildman–Crippen MR) is 135 cm³/mol. The zero-order chi connectivity index (χ0) is 24.1. The number of carboxylic acids is 1. The van der Waals surface area contributed by atoms with Gasteiger partial charge in [0.2, 0.25) is 0 Å². The summed E-state index contributed by atoms with van der Waals surface area (Å²) >= 11 is 0. The maximum absolute atomic E-state index is 12.0. The van der Waals surface area contributed by atoms with Crippen molar-refractivity contribution in [2.75, 3.05) is 6.54 Å². The molecular weight excluding hydrogens is 410 g/mol. The zero-order valence-electron chi connectivity index (χ0n) is 21.1. The van der Waals surface area contributed by atoms with Crippen molar-refractivity contribution in [1.82, 2.24) is 4.90 Å². The lowest BCUT2D eigenvalue weighted by atomic mass is 9.86. The molecule has 33 heavy (non-hydrogen) atoms. The van der Waals surface area contributed by atoms with E-state index in [4.69, 9.17) is 4.74 Å². The summed E-state index contributed by atoms with van der Waals surface area (Å²) in [6.07, 6.45) is 5.55. The number of carbonyl (C=O) groups is 1. The summed E-state index contributed by atoms with van der Waals surface area (Å²) in [5.41, 5.74) is 4.45. The Morgan fingerprint density at radius 2 is 1.67 bits per heavy atom. The lowest BCUT2D eigenvalue weighted by molar-refractivity contribution is -0.196. The van der Waals surface area contributed by atoms with Crippen LogP contribution >= 0.6 is 0 Å². The second kappa shape index (κ2) is 10.8. The number of piperidine rings is 1. The van der Waals surface area contributed by atoms with Gasteiger partial charge >= 0.3 is 5.97 Å². The maximum Gasteiger partial charge on any atom is 0.321 e. The average molecular weight is 452 g/mol. The van der Waals surface area contributed by atoms with Crippen molar-refractivity contribution in [3.63, 3.8) is 0 Å². The van der Waals surface area contributed by atoms with Crippen molar-refractivity contribution in [2.24, 2.45) is 0 Å². The van der Waals surface area contributed by atoms with E-state index in [0.717, 1.165) is 44.2 Å². The Kier molecular flexibility index (Phi) is 8.36. The molecule has 3 rings (SSSR count). The minimum Gasteiger partial charge on any atom is -0.480 e. The van der Waals surface area contributed by atoms with E-state index in [9.17, 15) is 9.90 Å². The van der Waals surface area contributed by atoms with E-state index in [1.165, 1.54) is 16.7 Å². The fourth-order valence-electron chi connectivity index (χ4n) is 4.76. The fourth-order valence-corrected chi connectivity index (χ4v) is 4.76. The van der Waals surface area contributed by atoms with Gasteiger partial charge in [-0.25, -0.2) is 0 Å². The van der Waals surface area contributed by atoms with Gasteiger partial charge in [-0.2, -0.15) is 0 Å². The topological polar surface area (TPSA) is 49.8 Å². The molecule has 1 saturated heterocycles. The van der Waals surface area contributed by atoms with Crippen LogP contribution in [0.2, 0.25) is 0 Å². The summed E-state index contributed by atoms with van der Waals surface area (Å²) < 4.78 is 6.44. The highest BCUT2D eigenvalue weighted by atomic mass is 16.5. The van der Waals surface area contributed by atoms with Gasteiger partial charge in [-0.3, -0.25) is 9.69 Å². The molecule has 4 nitrogen and oxygen atoms in total. The molecule has 2 aromatic carbocycles. The molecule has 0 aliphatic carbocycles. The van der Waals surface area contributed by atoms with E-state index < -0.39 is 17.7 Å². The number of rotatable bonds is 9. The molecule has 0 amide bonds. The van der Waals surface area contributed by atoms with Crippen LogP contribution in [0.25, 0.3) is 11.1 Å². The molecule has 1 aliphatic heterocycles. The van der Waals surface area contributed by atoms with Crippen molar-refractivity contribution in [3.05, 3.63) is 59.7 Å². The van der Waals surface area contributed by atoms with E-state index in [0.29, 0.717) is 13.0 Å². The van der Waals surface area contributed by atoms with Crippen LogP contribution in [-0.2, 0) is 21.6 Å². The highest BCUT2D eigenvalue weighted by Gasteiger charge is 2.41. The first-order valence-electron chi connectivity index (χ1n) is 12.5. The number of nitrogens with zero attached hydrogens (tertiary/aromatic N) is 1. The van der Waals surface area contributed by atoms with Crippen molar-refractivity contribution < 1.29 is 14.6 Å². The first kappa shape index (κ1) is 25.5. The van der Waals surface area contributed by atoms with Gasteiger partial charge in [-0.15, -0.1) is 0 Å². The summed E-state index contributed by atoms with van der Waals surface area (Å²) in [5.74, 6) is -0.734. The molecule has 2 unspecified atom stereocenters. The molecule has 0 radical (unpaired) electrons. The Balaban J connectivity index is 1.68. The number of carboxylic acid groups (broad SMARTS) is 1. The highest BCUT2D eigenvalue weighted by Crippen LogP contribution is 2.34. The smallest absolute Gasteiger partial charge is 0.321 e. The molecule has 2 aromatic rings. The third-order valence-corrected chi connectivity index (χ3v) is 6.98. The summed E-state index contributed by atoms with van der Waals surface area (Å²) in [7, 11) is 0. The van der Waals surface area contributed by atoms with Crippen LogP contribution in [0, 0.1) is 0 Å². The quantitative estimate of drug-likeness (QED) is 0.445. The van der Waals surface area contributed by atoms with Gasteiger partial charge in [0.1, 0.15) is 11.8 Å². The molecule has 180 valence electrons. The van der Waals surface area contributed by atoms with E-state index in [1.54, 1.807) is 0 Å². The molecular formula is C29H41NO3. The van der Waals surface area contributed by atoms with E-state index >= 15 is 0 Å². The Morgan fingerprint density at radius 3 is 2.21 bits per heavy atom. The second-order valence-electron chi connectivity index (χ2n) is 10.6. The molecule has 0 aromatic heterocycles. The standard InChI is InChI=1S/C29H41NO3/c1-6-7-10-26(27(31)32)30-20-9-8-19-29(30,5)33-21-22-11-13-23(14-12-22)24-15-17-25(18-16-24)28(2,3)4/h11-18,26H,6-10,19-21H2,1-5H3,(H,31,32). The summed E-state index contributed by atoms with van der Waals surface area (Å²) in [5, 5.41) is 9.87. The lowest BCUT2D eigenvalue weighted by Crippen LogP contribution is -2.58. The molecule has 1 heterocycles. The van der Waals surface area contributed by atoms with Crippen LogP contribution in [-0.4, -0.2) is 34.3 Å². The van der Waals surface area contributed by atoms with Gasteiger partial charge in [0.15, 0.2) is 0 Å². The van der Waals surface area contributed by atoms with Crippen LogP contribution in [0.5, 0.6) is 0 Å². The number of likely N-dealkylation sites (tertiary alicyclic amines) is 1. The normalized spacial score (nSPS) is 20.5. The Morgan fingerprint density at radius 1 is 1.06 bits per heavy atom. The van der Waals surface area contributed by atoms with E-state index in [-0.39, 0.29) is 5.41 Å². The number of hydrogen-bond donors (Lipinski definition) is 1. The number of aliphatic carboxylic acids is 1. The largest absolute Gasteiger partial charge is 0.480 e. The van der Waals surface area contributed by atoms with Gasteiger partial charge in [0, 0.05) is 6.54 Å². The summed E-state index contributed by atoms with van der Waals surface area (Å²) in [6.45, 7) is 12.1.